The number of amides is 1. The third-order valence-electron chi connectivity index (χ3n) is 4.32. The van der Waals surface area contributed by atoms with Gasteiger partial charge in [-0.2, -0.15) is 5.10 Å². The molecular weight excluding hydrogens is 417 g/mol. The summed E-state index contributed by atoms with van der Waals surface area (Å²) >= 11 is 3.08. The standard InChI is InChI=1S/C19H14FN3O4S2/c20-13-9-12(23(25)26)5-6-16(13)27-11-19(24)22-15(18-4-2-8-29-18)10-14(21-22)17-3-1-7-28-17/h1-9,15H,10-11H2. The summed E-state index contributed by atoms with van der Waals surface area (Å²) in [7, 11) is 0. The smallest absolute Gasteiger partial charge is 0.281 e. The van der Waals surface area contributed by atoms with E-state index >= 15 is 0 Å². The van der Waals surface area contributed by atoms with Crippen LogP contribution in [0.1, 0.15) is 22.2 Å². The topological polar surface area (TPSA) is 85.0 Å². The predicted molar refractivity (Wildman–Crippen MR) is 108 cm³/mol. The van der Waals surface area contributed by atoms with Crippen LogP contribution in [0.3, 0.4) is 0 Å². The number of nitro benzene ring substituents is 1. The van der Waals surface area contributed by atoms with Gasteiger partial charge in [-0.3, -0.25) is 14.9 Å². The minimum Gasteiger partial charge on any atom is -0.481 e. The van der Waals surface area contributed by atoms with Crippen LogP contribution in [0.2, 0.25) is 0 Å². The third-order valence-corrected chi connectivity index (χ3v) is 6.21. The minimum atomic E-state index is -0.897. The Balaban J connectivity index is 1.51. The summed E-state index contributed by atoms with van der Waals surface area (Å²) in [5.74, 6) is -1.54. The average Bonchev–Trinajstić information content (AvgIpc) is 3.47. The Labute approximate surface area is 172 Å². The van der Waals surface area contributed by atoms with E-state index in [1.54, 1.807) is 11.3 Å². The van der Waals surface area contributed by atoms with E-state index < -0.39 is 23.3 Å². The molecule has 10 heteroatoms. The predicted octanol–water partition coefficient (Wildman–Crippen LogP) is 4.61. The Morgan fingerprint density at radius 1 is 1.28 bits per heavy atom. The molecule has 1 aromatic carbocycles. The Morgan fingerprint density at radius 2 is 2.07 bits per heavy atom. The number of halogens is 1. The summed E-state index contributed by atoms with van der Waals surface area (Å²) in [6.45, 7) is -0.433. The number of carbonyl (C=O) groups excluding carboxylic acids is 1. The van der Waals surface area contributed by atoms with Crippen LogP contribution in [0.5, 0.6) is 5.75 Å². The van der Waals surface area contributed by atoms with Crippen LogP contribution in [-0.2, 0) is 4.79 Å². The lowest BCUT2D eigenvalue weighted by atomic mass is 10.1. The van der Waals surface area contributed by atoms with Crippen molar-refractivity contribution < 1.29 is 18.8 Å². The molecule has 1 atom stereocenters. The fourth-order valence-corrected chi connectivity index (χ4v) is 4.49. The zero-order chi connectivity index (χ0) is 20.4. The van der Waals surface area contributed by atoms with Crippen molar-refractivity contribution in [1.29, 1.82) is 0 Å². The first-order chi connectivity index (χ1) is 14.0. The van der Waals surface area contributed by atoms with Crippen molar-refractivity contribution in [3.8, 4) is 5.75 Å². The van der Waals surface area contributed by atoms with Crippen LogP contribution in [0.4, 0.5) is 10.1 Å². The lowest BCUT2D eigenvalue weighted by Gasteiger charge is -2.20. The van der Waals surface area contributed by atoms with Crippen molar-refractivity contribution >= 4 is 40.0 Å². The van der Waals surface area contributed by atoms with Crippen molar-refractivity contribution in [2.45, 2.75) is 12.5 Å². The summed E-state index contributed by atoms with van der Waals surface area (Å²) in [5.41, 5.74) is 0.428. The summed E-state index contributed by atoms with van der Waals surface area (Å²) in [6.07, 6.45) is 0.582. The summed E-state index contributed by atoms with van der Waals surface area (Å²) in [6, 6.07) is 10.5. The molecule has 29 heavy (non-hydrogen) atoms. The molecule has 1 unspecified atom stereocenters. The molecule has 0 radical (unpaired) electrons. The zero-order valence-electron chi connectivity index (χ0n) is 14.9. The first-order valence-corrected chi connectivity index (χ1v) is 10.3. The van der Waals surface area contributed by atoms with E-state index in [0.717, 1.165) is 33.7 Å². The molecule has 1 amide bonds. The first kappa shape index (κ1) is 19.2. The van der Waals surface area contributed by atoms with Gasteiger partial charge in [0.25, 0.3) is 11.6 Å². The molecule has 3 aromatic rings. The Kier molecular flexibility index (Phi) is 5.36. The molecule has 0 saturated carbocycles. The second-order valence-corrected chi connectivity index (χ2v) is 8.09. The van der Waals surface area contributed by atoms with Gasteiger partial charge in [0.2, 0.25) is 0 Å². The monoisotopic (exact) mass is 431 g/mol. The Hall–Kier alpha value is -3.11. The highest BCUT2D eigenvalue weighted by atomic mass is 32.1. The number of carbonyl (C=O) groups is 1. The lowest BCUT2D eigenvalue weighted by molar-refractivity contribution is -0.385. The number of hydrazone groups is 1. The highest BCUT2D eigenvalue weighted by Crippen LogP contribution is 2.36. The molecule has 1 aliphatic heterocycles. The first-order valence-electron chi connectivity index (χ1n) is 8.56. The number of nitro groups is 1. The maximum Gasteiger partial charge on any atom is 0.281 e. The summed E-state index contributed by atoms with van der Waals surface area (Å²) in [5, 5.41) is 20.5. The van der Waals surface area contributed by atoms with Crippen molar-refractivity contribution in [3.05, 3.63) is 78.9 Å². The summed E-state index contributed by atoms with van der Waals surface area (Å²) in [4.78, 5) is 24.8. The van der Waals surface area contributed by atoms with E-state index in [9.17, 15) is 19.3 Å². The number of ether oxygens (including phenoxy) is 1. The number of thiophene rings is 2. The van der Waals surface area contributed by atoms with Crippen molar-refractivity contribution in [3.63, 3.8) is 0 Å². The molecule has 1 aliphatic rings. The van der Waals surface area contributed by atoms with Crippen molar-refractivity contribution in [2.75, 3.05) is 6.61 Å². The Morgan fingerprint density at radius 3 is 2.72 bits per heavy atom. The number of hydrogen-bond acceptors (Lipinski definition) is 7. The number of benzene rings is 1. The zero-order valence-corrected chi connectivity index (χ0v) is 16.5. The van der Waals surface area contributed by atoms with Gasteiger partial charge < -0.3 is 4.74 Å². The molecule has 0 N–H and O–H groups in total. The van der Waals surface area contributed by atoms with E-state index in [1.165, 1.54) is 16.3 Å². The fraction of sp³-hybridized carbons (Fsp3) is 0.158. The highest BCUT2D eigenvalue weighted by Gasteiger charge is 2.34. The molecule has 3 heterocycles. The quantitative estimate of drug-likeness (QED) is 0.421. The van der Waals surface area contributed by atoms with Crippen LogP contribution in [0.25, 0.3) is 0 Å². The van der Waals surface area contributed by atoms with Gasteiger partial charge in [0.05, 0.1) is 27.6 Å². The van der Waals surface area contributed by atoms with Gasteiger partial charge >= 0.3 is 0 Å². The summed E-state index contributed by atoms with van der Waals surface area (Å²) < 4.78 is 19.3. The lowest BCUT2D eigenvalue weighted by Crippen LogP contribution is -2.31. The van der Waals surface area contributed by atoms with Crippen LogP contribution in [-0.4, -0.2) is 28.2 Å². The fourth-order valence-electron chi connectivity index (χ4n) is 2.96. The molecule has 0 saturated heterocycles. The maximum atomic E-state index is 14.0. The van der Waals surface area contributed by atoms with Gasteiger partial charge in [-0.05, 0) is 29.0 Å². The molecule has 0 bridgehead atoms. The van der Waals surface area contributed by atoms with E-state index in [2.05, 4.69) is 5.10 Å². The largest absolute Gasteiger partial charge is 0.481 e. The third kappa shape index (κ3) is 4.03. The SMILES string of the molecule is O=C(COc1ccc([N+](=O)[O-])cc1F)N1N=C(c2cccs2)CC1c1cccs1. The molecule has 0 fully saturated rings. The van der Waals surface area contributed by atoms with E-state index in [4.69, 9.17) is 4.74 Å². The van der Waals surface area contributed by atoms with Gasteiger partial charge in [-0.25, -0.2) is 9.40 Å². The van der Waals surface area contributed by atoms with Crippen LogP contribution in [0, 0.1) is 15.9 Å². The maximum absolute atomic E-state index is 14.0. The second kappa shape index (κ2) is 8.10. The number of non-ortho nitro benzene ring substituents is 1. The average molecular weight is 431 g/mol. The Bertz CT molecular complexity index is 1070. The van der Waals surface area contributed by atoms with Gasteiger partial charge in [0, 0.05) is 17.4 Å². The molecule has 4 rings (SSSR count). The molecule has 2 aromatic heterocycles. The van der Waals surface area contributed by atoms with Crippen LogP contribution >= 0.6 is 22.7 Å². The van der Waals surface area contributed by atoms with Gasteiger partial charge in [-0.1, -0.05) is 12.1 Å². The van der Waals surface area contributed by atoms with Gasteiger partial charge in [0.1, 0.15) is 0 Å². The molecule has 0 aliphatic carbocycles. The molecule has 148 valence electrons. The van der Waals surface area contributed by atoms with Crippen molar-refractivity contribution in [2.24, 2.45) is 5.10 Å². The van der Waals surface area contributed by atoms with E-state index in [0.29, 0.717) is 6.42 Å². The minimum absolute atomic E-state index is 0.224. The molecular formula is C19H14FN3O4S2. The van der Waals surface area contributed by atoms with Gasteiger partial charge in [-0.15, -0.1) is 22.7 Å². The second-order valence-electron chi connectivity index (χ2n) is 6.16. The van der Waals surface area contributed by atoms with E-state index in [1.807, 2.05) is 35.0 Å². The number of nitrogens with zero attached hydrogens (tertiary/aromatic N) is 3. The normalized spacial score (nSPS) is 16.0. The van der Waals surface area contributed by atoms with Crippen LogP contribution < -0.4 is 4.74 Å². The molecule has 7 nitrogen and oxygen atoms in total. The molecule has 0 spiro atoms. The number of rotatable bonds is 6. The van der Waals surface area contributed by atoms with Crippen LogP contribution in [0.15, 0.2) is 58.3 Å². The number of hydrogen-bond donors (Lipinski definition) is 0. The van der Waals surface area contributed by atoms with E-state index in [-0.39, 0.29) is 17.5 Å². The van der Waals surface area contributed by atoms with Gasteiger partial charge in [0.15, 0.2) is 18.2 Å². The van der Waals surface area contributed by atoms with Crippen molar-refractivity contribution in [1.82, 2.24) is 5.01 Å². The highest BCUT2D eigenvalue weighted by molar-refractivity contribution is 7.12.